The molecule has 0 amide bonds. The highest BCUT2D eigenvalue weighted by atomic mass is 28.4. The molecule has 19 heavy (non-hydrogen) atoms. The summed E-state index contributed by atoms with van der Waals surface area (Å²) in [4.78, 5) is 0. The van der Waals surface area contributed by atoms with Crippen molar-refractivity contribution >= 4 is 8.56 Å². The van der Waals surface area contributed by atoms with Crippen LogP contribution >= 0.6 is 0 Å². The Morgan fingerprint density at radius 3 is 2.21 bits per heavy atom. The van der Waals surface area contributed by atoms with Crippen LogP contribution in [-0.4, -0.2) is 21.3 Å². The lowest BCUT2D eigenvalue weighted by atomic mass is 10.1. The van der Waals surface area contributed by atoms with Gasteiger partial charge in [-0.1, -0.05) is 52.9 Å². The van der Waals surface area contributed by atoms with Gasteiger partial charge in [0.05, 0.1) is 0 Å². The molecule has 2 unspecified atom stereocenters. The summed E-state index contributed by atoms with van der Waals surface area (Å²) in [6.07, 6.45) is 9.87. The van der Waals surface area contributed by atoms with Gasteiger partial charge < -0.3 is 8.85 Å². The van der Waals surface area contributed by atoms with Crippen LogP contribution in [-0.2, 0) is 8.85 Å². The third-order valence-corrected chi connectivity index (χ3v) is 5.72. The molecule has 0 aromatic rings. The topological polar surface area (TPSA) is 18.5 Å². The molecule has 0 fully saturated rings. The third-order valence-electron chi connectivity index (χ3n) is 3.40. The van der Waals surface area contributed by atoms with Gasteiger partial charge in [0.2, 0.25) is 0 Å². The highest BCUT2D eigenvalue weighted by Crippen LogP contribution is 2.19. The van der Waals surface area contributed by atoms with Crippen molar-refractivity contribution < 1.29 is 8.85 Å². The number of unbranched alkanes of at least 4 members (excludes halogenated alkanes) is 3. The van der Waals surface area contributed by atoms with Crippen LogP contribution in [0.3, 0.4) is 0 Å². The Kier molecular flexibility index (Phi) is 11.6. The molecule has 0 saturated heterocycles. The largest absolute Gasteiger partial charge is 0.391 e. The van der Waals surface area contributed by atoms with E-state index in [1.165, 1.54) is 32.1 Å². The van der Waals surface area contributed by atoms with Crippen LogP contribution in [0.25, 0.3) is 0 Å². The van der Waals surface area contributed by atoms with Crippen molar-refractivity contribution in [1.82, 2.24) is 0 Å². The summed E-state index contributed by atoms with van der Waals surface area (Å²) in [7, 11) is -2.16. The molecule has 0 aliphatic carbocycles. The van der Waals surface area contributed by atoms with E-state index < -0.39 is 8.56 Å². The highest BCUT2D eigenvalue weighted by molar-refractivity contribution is 6.71. The Hall–Kier alpha value is -0.123. The maximum absolute atomic E-state index is 6.31. The molecule has 0 radical (unpaired) electrons. The fourth-order valence-electron chi connectivity index (χ4n) is 2.11. The maximum atomic E-state index is 6.31. The van der Waals surface area contributed by atoms with Gasteiger partial charge in [-0.25, -0.2) is 0 Å². The first kappa shape index (κ1) is 18.9. The van der Waals surface area contributed by atoms with Gasteiger partial charge in [-0.2, -0.15) is 0 Å². The third kappa shape index (κ3) is 9.42. The summed E-state index contributed by atoms with van der Waals surface area (Å²) in [6, 6.07) is 0. The number of rotatable bonds is 13. The molecule has 0 N–H and O–H groups in total. The van der Waals surface area contributed by atoms with Gasteiger partial charge >= 0.3 is 8.56 Å². The van der Waals surface area contributed by atoms with E-state index >= 15 is 0 Å². The van der Waals surface area contributed by atoms with E-state index in [9.17, 15) is 0 Å². The minimum atomic E-state index is -2.16. The lowest BCUT2D eigenvalue weighted by molar-refractivity contribution is 0.108. The first-order valence-corrected chi connectivity index (χ1v) is 10.5. The van der Waals surface area contributed by atoms with E-state index in [0.717, 1.165) is 25.9 Å². The average Bonchev–Trinajstić information content (AvgIpc) is 2.41. The van der Waals surface area contributed by atoms with Crippen LogP contribution in [0.1, 0.15) is 72.1 Å². The lowest BCUT2D eigenvalue weighted by Gasteiger charge is -2.29. The van der Waals surface area contributed by atoms with Gasteiger partial charge in [0, 0.05) is 12.7 Å². The molecule has 0 bridgehead atoms. The average molecular weight is 287 g/mol. The molecule has 0 rings (SSSR count). The first-order valence-electron chi connectivity index (χ1n) is 8.07. The molecule has 2 nitrogen and oxygen atoms in total. The minimum absolute atomic E-state index is 0.353. The quantitative estimate of drug-likeness (QED) is 0.335. The zero-order chi connectivity index (χ0) is 14.6. The first-order chi connectivity index (χ1) is 9.11. The van der Waals surface area contributed by atoms with Crippen LogP contribution in [0.5, 0.6) is 0 Å². The summed E-state index contributed by atoms with van der Waals surface area (Å²) in [6.45, 7) is 13.5. The zero-order valence-electron chi connectivity index (χ0n) is 13.5. The molecular weight excluding hydrogens is 252 g/mol. The fraction of sp³-hybridized carbons (Fsp3) is 0.875. The van der Waals surface area contributed by atoms with Crippen molar-refractivity contribution in [2.24, 2.45) is 0 Å². The van der Waals surface area contributed by atoms with E-state index in [1.807, 2.05) is 5.70 Å². The van der Waals surface area contributed by atoms with E-state index in [0.29, 0.717) is 6.10 Å². The van der Waals surface area contributed by atoms with Crippen LogP contribution in [0.2, 0.25) is 6.55 Å². The van der Waals surface area contributed by atoms with Crippen LogP contribution in [0.15, 0.2) is 12.3 Å². The molecule has 0 saturated carbocycles. The van der Waals surface area contributed by atoms with Crippen molar-refractivity contribution in [3.05, 3.63) is 12.3 Å². The Labute approximate surface area is 121 Å². The van der Waals surface area contributed by atoms with Gasteiger partial charge in [0.15, 0.2) is 0 Å². The van der Waals surface area contributed by atoms with Gasteiger partial charge in [0.25, 0.3) is 0 Å². The highest BCUT2D eigenvalue weighted by Gasteiger charge is 2.30. The minimum Gasteiger partial charge on any atom is -0.391 e. The molecule has 0 aromatic heterocycles. The van der Waals surface area contributed by atoms with Crippen molar-refractivity contribution in [2.75, 3.05) is 6.61 Å². The van der Waals surface area contributed by atoms with Crippen molar-refractivity contribution in [2.45, 2.75) is 84.8 Å². The summed E-state index contributed by atoms with van der Waals surface area (Å²) in [5.74, 6) is 0. The Morgan fingerprint density at radius 1 is 1.00 bits per heavy atom. The Morgan fingerprint density at radius 2 is 1.68 bits per heavy atom. The molecule has 114 valence electrons. The molecule has 0 heterocycles. The predicted octanol–water partition coefficient (Wildman–Crippen LogP) is 5.37. The predicted molar refractivity (Wildman–Crippen MR) is 86.6 cm³/mol. The van der Waals surface area contributed by atoms with E-state index in [1.54, 1.807) is 0 Å². The summed E-state index contributed by atoms with van der Waals surface area (Å²) in [5, 5.41) is 0. The summed E-state index contributed by atoms with van der Waals surface area (Å²) >= 11 is 0. The molecule has 0 aromatic carbocycles. The molecule has 2 atom stereocenters. The second-order valence-corrected chi connectivity index (χ2v) is 8.41. The van der Waals surface area contributed by atoms with Gasteiger partial charge in [-0.3, -0.25) is 0 Å². The zero-order valence-corrected chi connectivity index (χ0v) is 14.5. The normalized spacial score (nSPS) is 16.0. The van der Waals surface area contributed by atoms with Crippen molar-refractivity contribution in [1.29, 1.82) is 0 Å². The maximum Gasteiger partial charge on any atom is 0.361 e. The number of hydrogen-bond donors (Lipinski definition) is 0. The second-order valence-electron chi connectivity index (χ2n) is 5.45. The van der Waals surface area contributed by atoms with Crippen molar-refractivity contribution in [3.63, 3.8) is 0 Å². The smallest absolute Gasteiger partial charge is 0.361 e. The van der Waals surface area contributed by atoms with E-state index in [2.05, 4.69) is 33.9 Å². The van der Waals surface area contributed by atoms with Gasteiger partial charge in [-0.15, -0.1) is 6.58 Å². The molecule has 0 spiro atoms. The van der Waals surface area contributed by atoms with Gasteiger partial charge in [0.1, 0.15) is 0 Å². The SMILES string of the molecule is C=C[Si](C)(OCCCCC)OC(CCC)CCCC. The molecule has 3 heteroatoms. The lowest BCUT2D eigenvalue weighted by Crippen LogP contribution is -2.41. The van der Waals surface area contributed by atoms with E-state index in [-0.39, 0.29) is 0 Å². The molecule has 0 aliphatic rings. The molecular formula is C16H34O2Si. The van der Waals surface area contributed by atoms with Gasteiger partial charge in [-0.05, 0) is 31.5 Å². The summed E-state index contributed by atoms with van der Waals surface area (Å²) in [5.41, 5.74) is 1.94. The molecule has 0 aliphatic heterocycles. The fourth-order valence-corrected chi connectivity index (χ4v) is 3.84. The van der Waals surface area contributed by atoms with Crippen molar-refractivity contribution in [3.8, 4) is 0 Å². The van der Waals surface area contributed by atoms with E-state index in [4.69, 9.17) is 8.85 Å². The van der Waals surface area contributed by atoms with Crippen LogP contribution in [0, 0.1) is 0 Å². The number of hydrogen-bond acceptors (Lipinski definition) is 2. The Balaban J connectivity index is 4.23. The second kappa shape index (κ2) is 11.7. The van der Waals surface area contributed by atoms with Crippen LogP contribution < -0.4 is 0 Å². The summed E-state index contributed by atoms with van der Waals surface area (Å²) < 4.78 is 12.3. The standard InChI is InChI=1S/C16H34O2Si/c1-6-10-12-15-17-19(5,9-4)18-16(13-8-3)14-11-7-2/h9,16H,4,6-8,10-15H2,1-3,5H3. The van der Waals surface area contributed by atoms with Crippen LogP contribution in [0.4, 0.5) is 0 Å². The monoisotopic (exact) mass is 286 g/mol. The Bertz CT molecular complexity index is 221.